The summed E-state index contributed by atoms with van der Waals surface area (Å²) < 4.78 is 5.20. The maximum absolute atomic E-state index is 12.5. The van der Waals surface area contributed by atoms with E-state index in [4.69, 9.17) is 16.3 Å². The summed E-state index contributed by atoms with van der Waals surface area (Å²) in [7, 11) is 0. The predicted octanol–water partition coefficient (Wildman–Crippen LogP) is 3.58. The van der Waals surface area contributed by atoms with Gasteiger partial charge in [-0.05, 0) is 36.3 Å². The van der Waals surface area contributed by atoms with Crippen molar-refractivity contribution < 1.29 is 19.1 Å². The molecule has 1 fully saturated rings. The van der Waals surface area contributed by atoms with Crippen molar-refractivity contribution in [2.75, 3.05) is 6.61 Å². The molecule has 0 unspecified atom stereocenters. The van der Waals surface area contributed by atoms with Gasteiger partial charge in [-0.2, -0.15) is 0 Å². The van der Waals surface area contributed by atoms with Crippen LogP contribution >= 0.6 is 11.6 Å². The van der Waals surface area contributed by atoms with E-state index in [2.05, 4.69) is 24.5 Å². The zero-order chi connectivity index (χ0) is 21.6. The molecule has 0 aromatic heterocycles. The van der Waals surface area contributed by atoms with Gasteiger partial charge in [0.1, 0.15) is 6.04 Å². The minimum Gasteiger partial charge on any atom is -0.454 e. The molecule has 1 aromatic carbocycles. The highest BCUT2D eigenvalue weighted by Crippen LogP contribution is 2.29. The second kappa shape index (κ2) is 10.6. The van der Waals surface area contributed by atoms with Crippen LogP contribution in [0.25, 0.3) is 0 Å². The maximum atomic E-state index is 12.5. The van der Waals surface area contributed by atoms with Crippen molar-refractivity contribution in [1.29, 1.82) is 0 Å². The first kappa shape index (κ1) is 23.2. The highest BCUT2D eigenvalue weighted by Gasteiger charge is 2.30. The van der Waals surface area contributed by atoms with E-state index in [0.29, 0.717) is 16.9 Å². The topological polar surface area (TPSA) is 84.5 Å². The van der Waals surface area contributed by atoms with Gasteiger partial charge in [0, 0.05) is 6.04 Å². The van der Waals surface area contributed by atoms with E-state index in [-0.39, 0.29) is 30.0 Å². The zero-order valence-corrected chi connectivity index (χ0v) is 18.3. The summed E-state index contributed by atoms with van der Waals surface area (Å²) in [4.78, 5) is 37.2. The van der Waals surface area contributed by atoms with E-state index in [0.717, 1.165) is 12.8 Å². The number of hydrogen-bond acceptors (Lipinski definition) is 4. The molecule has 1 aliphatic carbocycles. The van der Waals surface area contributed by atoms with Crippen molar-refractivity contribution >= 4 is 29.4 Å². The molecule has 4 atom stereocenters. The number of carbonyl (C=O) groups excluding carboxylic acids is 3. The molecule has 160 valence electrons. The fourth-order valence-corrected chi connectivity index (χ4v) is 3.84. The lowest BCUT2D eigenvalue weighted by atomic mass is 9.78. The number of esters is 1. The quantitative estimate of drug-likeness (QED) is 0.658. The van der Waals surface area contributed by atoms with Crippen LogP contribution in [-0.2, 0) is 14.3 Å². The number of benzene rings is 1. The third kappa shape index (κ3) is 6.46. The van der Waals surface area contributed by atoms with Crippen molar-refractivity contribution in [2.45, 2.75) is 59.0 Å². The lowest BCUT2D eigenvalue weighted by Crippen LogP contribution is -2.48. The molecule has 0 heterocycles. The molecule has 0 aliphatic heterocycles. The SMILES string of the molecule is CC(C)[C@H](NC(=O)c1ccccc1Cl)C(=O)OCC(=O)N[C@H]1CCC[C@@H](C)[C@H]1C. The van der Waals surface area contributed by atoms with E-state index in [9.17, 15) is 14.4 Å². The summed E-state index contributed by atoms with van der Waals surface area (Å²) in [5.74, 6) is -0.676. The lowest BCUT2D eigenvalue weighted by molar-refractivity contribution is -0.151. The summed E-state index contributed by atoms with van der Waals surface area (Å²) in [6.07, 6.45) is 3.19. The van der Waals surface area contributed by atoms with Crippen molar-refractivity contribution in [3.63, 3.8) is 0 Å². The molecular weight excluding hydrogens is 392 g/mol. The first-order valence-corrected chi connectivity index (χ1v) is 10.6. The van der Waals surface area contributed by atoms with Crippen LogP contribution in [0.15, 0.2) is 24.3 Å². The summed E-state index contributed by atoms with van der Waals surface area (Å²) in [5.41, 5.74) is 0.283. The Bertz CT molecular complexity index is 737. The Morgan fingerprint density at radius 1 is 1.17 bits per heavy atom. The van der Waals surface area contributed by atoms with Crippen LogP contribution in [0.3, 0.4) is 0 Å². The van der Waals surface area contributed by atoms with Crippen LogP contribution in [0, 0.1) is 17.8 Å². The van der Waals surface area contributed by atoms with E-state index in [1.807, 2.05) is 0 Å². The van der Waals surface area contributed by atoms with Crippen molar-refractivity contribution in [2.24, 2.45) is 17.8 Å². The minimum absolute atomic E-state index is 0.103. The summed E-state index contributed by atoms with van der Waals surface area (Å²) in [6.45, 7) is 7.56. The highest BCUT2D eigenvalue weighted by molar-refractivity contribution is 6.33. The summed E-state index contributed by atoms with van der Waals surface area (Å²) in [6, 6.07) is 5.84. The van der Waals surface area contributed by atoms with Gasteiger partial charge in [0.25, 0.3) is 11.8 Å². The Kier molecular flexibility index (Phi) is 8.50. The summed E-state index contributed by atoms with van der Waals surface area (Å²) >= 11 is 6.05. The van der Waals surface area contributed by atoms with Crippen LogP contribution in [0.1, 0.15) is 57.3 Å². The predicted molar refractivity (Wildman–Crippen MR) is 113 cm³/mol. The van der Waals surface area contributed by atoms with Crippen molar-refractivity contribution in [1.82, 2.24) is 10.6 Å². The van der Waals surface area contributed by atoms with Gasteiger partial charge in [0.2, 0.25) is 0 Å². The molecule has 0 saturated heterocycles. The van der Waals surface area contributed by atoms with Crippen LogP contribution < -0.4 is 10.6 Å². The molecule has 6 nitrogen and oxygen atoms in total. The Balaban J connectivity index is 1.90. The molecule has 7 heteroatoms. The lowest BCUT2D eigenvalue weighted by Gasteiger charge is -2.34. The smallest absolute Gasteiger partial charge is 0.329 e. The van der Waals surface area contributed by atoms with E-state index >= 15 is 0 Å². The van der Waals surface area contributed by atoms with Gasteiger partial charge in [0.15, 0.2) is 6.61 Å². The molecule has 0 bridgehead atoms. The van der Waals surface area contributed by atoms with Crippen LogP contribution in [0.5, 0.6) is 0 Å². The third-order valence-electron chi connectivity index (χ3n) is 5.72. The highest BCUT2D eigenvalue weighted by atomic mass is 35.5. The Morgan fingerprint density at radius 3 is 2.52 bits per heavy atom. The number of amides is 2. The molecule has 2 N–H and O–H groups in total. The average molecular weight is 423 g/mol. The molecule has 2 amide bonds. The van der Waals surface area contributed by atoms with E-state index in [1.165, 1.54) is 6.42 Å². The molecule has 1 saturated carbocycles. The van der Waals surface area contributed by atoms with Gasteiger partial charge in [-0.3, -0.25) is 9.59 Å². The number of ether oxygens (including phenoxy) is 1. The van der Waals surface area contributed by atoms with Crippen LogP contribution in [0.4, 0.5) is 0 Å². The zero-order valence-electron chi connectivity index (χ0n) is 17.5. The molecule has 29 heavy (non-hydrogen) atoms. The minimum atomic E-state index is -0.875. The largest absolute Gasteiger partial charge is 0.454 e. The van der Waals surface area contributed by atoms with E-state index < -0.39 is 17.9 Å². The van der Waals surface area contributed by atoms with E-state index in [1.54, 1.807) is 38.1 Å². The normalized spacial score (nSPS) is 22.6. The second-order valence-electron chi connectivity index (χ2n) is 8.22. The Labute approximate surface area is 177 Å². The van der Waals surface area contributed by atoms with Gasteiger partial charge in [-0.1, -0.05) is 64.3 Å². The number of hydrogen-bond donors (Lipinski definition) is 2. The van der Waals surface area contributed by atoms with Gasteiger partial charge in [0.05, 0.1) is 10.6 Å². The first-order chi connectivity index (χ1) is 13.7. The standard InChI is InChI=1S/C22H31ClN2O4/c1-13(2)20(25-21(27)16-9-5-6-10-17(16)23)22(28)29-12-19(26)24-18-11-7-8-14(3)15(18)4/h5-6,9-10,13-15,18,20H,7-8,11-12H2,1-4H3,(H,24,26)(H,25,27)/t14-,15-,18+,20+/m1/s1. The van der Waals surface area contributed by atoms with Gasteiger partial charge in [-0.15, -0.1) is 0 Å². The number of rotatable bonds is 7. The number of halogens is 1. The van der Waals surface area contributed by atoms with Gasteiger partial charge in [-0.25, -0.2) is 4.79 Å². The second-order valence-corrected chi connectivity index (χ2v) is 8.63. The molecule has 2 rings (SSSR count). The molecule has 0 radical (unpaired) electrons. The number of nitrogens with one attached hydrogen (secondary N) is 2. The molecule has 1 aliphatic rings. The Morgan fingerprint density at radius 2 is 1.86 bits per heavy atom. The maximum Gasteiger partial charge on any atom is 0.329 e. The van der Waals surface area contributed by atoms with Crippen molar-refractivity contribution in [3.8, 4) is 0 Å². The fraction of sp³-hybridized carbons (Fsp3) is 0.591. The van der Waals surface area contributed by atoms with Crippen LogP contribution in [-0.4, -0.2) is 36.5 Å². The van der Waals surface area contributed by atoms with Crippen LogP contribution in [0.2, 0.25) is 5.02 Å². The Hall–Kier alpha value is -2.08. The third-order valence-corrected chi connectivity index (χ3v) is 6.05. The van der Waals surface area contributed by atoms with Gasteiger partial charge >= 0.3 is 5.97 Å². The number of carbonyl (C=O) groups is 3. The first-order valence-electron chi connectivity index (χ1n) is 10.2. The van der Waals surface area contributed by atoms with Gasteiger partial charge < -0.3 is 15.4 Å². The molecule has 0 spiro atoms. The molecule has 1 aromatic rings. The fourth-order valence-electron chi connectivity index (χ4n) is 3.62. The average Bonchev–Trinajstić information content (AvgIpc) is 2.67. The summed E-state index contributed by atoms with van der Waals surface area (Å²) in [5, 5.41) is 5.94. The van der Waals surface area contributed by atoms with Crippen molar-refractivity contribution in [3.05, 3.63) is 34.9 Å². The monoisotopic (exact) mass is 422 g/mol. The molecular formula is C22H31ClN2O4.